The molecular formula is C26H24ClN5O. The molecule has 0 spiro atoms. The van der Waals surface area contributed by atoms with Crippen molar-refractivity contribution in [2.45, 2.75) is 6.92 Å². The number of aryl methyl sites for hydroxylation is 1. The van der Waals surface area contributed by atoms with Gasteiger partial charge < -0.3 is 9.80 Å². The Morgan fingerprint density at radius 2 is 1.58 bits per heavy atom. The number of amides is 1. The molecule has 1 amide bonds. The van der Waals surface area contributed by atoms with Crippen molar-refractivity contribution in [3.05, 3.63) is 95.1 Å². The number of hydrogen-bond acceptors (Lipinski definition) is 4. The lowest BCUT2D eigenvalue weighted by Crippen LogP contribution is -2.48. The second kappa shape index (κ2) is 9.08. The molecule has 3 aromatic carbocycles. The second-order valence-electron chi connectivity index (χ2n) is 8.17. The minimum absolute atomic E-state index is 0.0395. The first-order valence-corrected chi connectivity index (χ1v) is 11.3. The van der Waals surface area contributed by atoms with E-state index in [4.69, 9.17) is 11.6 Å². The van der Waals surface area contributed by atoms with Crippen molar-refractivity contribution in [3.8, 4) is 16.9 Å². The number of aromatic nitrogens is 3. The predicted molar refractivity (Wildman–Crippen MR) is 131 cm³/mol. The van der Waals surface area contributed by atoms with Gasteiger partial charge in [0.2, 0.25) is 0 Å². The number of para-hydroxylation sites is 1. The quantitative estimate of drug-likeness (QED) is 0.439. The molecule has 0 aliphatic carbocycles. The van der Waals surface area contributed by atoms with Gasteiger partial charge in [0, 0.05) is 37.3 Å². The van der Waals surface area contributed by atoms with Gasteiger partial charge in [0.25, 0.3) is 5.91 Å². The van der Waals surface area contributed by atoms with Crippen LogP contribution in [0.15, 0.2) is 79.0 Å². The summed E-state index contributed by atoms with van der Waals surface area (Å²) in [5.41, 5.74) is 5.71. The molecule has 6 nitrogen and oxygen atoms in total. The molecular weight excluding hydrogens is 434 g/mol. The third-order valence-electron chi connectivity index (χ3n) is 6.02. The number of carbonyl (C=O) groups excluding carboxylic acids is 1. The Morgan fingerprint density at radius 3 is 2.27 bits per heavy atom. The number of nitrogens with zero attached hydrogens (tertiary/aromatic N) is 5. The van der Waals surface area contributed by atoms with E-state index in [0.29, 0.717) is 18.7 Å². The van der Waals surface area contributed by atoms with Crippen molar-refractivity contribution in [3.63, 3.8) is 0 Å². The molecule has 0 atom stereocenters. The molecule has 1 aliphatic rings. The largest absolute Gasteiger partial charge is 0.367 e. The summed E-state index contributed by atoms with van der Waals surface area (Å²) in [5.74, 6) is 0.0395. The van der Waals surface area contributed by atoms with E-state index in [-0.39, 0.29) is 5.91 Å². The fourth-order valence-electron chi connectivity index (χ4n) is 4.13. The maximum atomic E-state index is 13.1. The Labute approximate surface area is 198 Å². The highest BCUT2D eigenvalue weighted by atomic mass is 35.5. The summed E-state index contributed by atoms with van der Waals surface area (Å²) in [4.78, 5) is 17.2. The van der Waals surface area contributed by atoms with E-state index in [9.17, 15) is 4.79 Å². The number of halogens is 1. The minimum atomic E-state index is 0.0395. The smallest absolute Gasteiger partial charge is 0.253 e. The topological polar surface area (TPSA) is 54.3 Å². The van der Waals surface area contributed by atoms with Gasteiger partial charge in [-0.05, 0) is 43.3 Å². The number of carbonyl (C=O) groups is 1. The summed E-state index contributed by atoms with van der Waals surface area (Å²) in [6, 6.07) is 23.6. The van der Waals surface area contributed by atoms with Gasteiger partial charge in [-0.15, -0.1) is 5.10 Å². The summed E-state index contributed by atoms with van der Waals surface area (Å²) in [6.07, 6.45) is 1.75. The van der Waals surface area contributed by atoms with E-state index in [2.05, 4.69) is 46.4 Å². The summed E-state index contributed by atoms with van der Waals surface area (Å²) < 4.78 is 1.79. The molecule has 1 saturated heterocycles. The minimum Gasteiger partial charge on any atom is -0.367 e. The molecule has 166 valence electrons. The number of anilines is 1. The van der Waals surface area contributed by atoms with Gasteiger partial charge in [0.15, 0.2) is 0 Å². The zero-order valence-corrected chi connectivity index (χ0v) is 19.1. The summed E-state index contributed by atoms with van der Waals surface area (Å²) >= 11 is 6.33. The van der Waals surface area contributed by atoms with E-state index in [0.717, 1.165) is 40.7 Å². The Hall–Kier alpha value is -3.64. The van der Waals surface area contributed by atoms with Crippen LogP contribution in [0.1, 0.15) is 15.9 Å². The molecule has 0 radical (unpaired) electrons. The lowest BCUT2D eigenvalue weighted by molar-refractivity contribution is 0.0747. The molecule has 5 rings (SSSR count). The highest BCUT2D eigenvalue weighted by molar-refractivity contribution is 6.33. The van der Waals surface area contributed by atoms with E-state index in [1.165, 1.54) is 5.56 Å². The summed E-state index contributed by atoms with van der Waals surface area (Å²) in [7, 11) is 0. The molecule has 0 N–H and O–H groups in total. The number of rotatable bonds is 4. The van der Waals surface area contributed by atoms with Gasteiger partial charge in [0.05, 0.1) is 28.3 Å². The van der Waals surface area contributed by atoms with Crippen LogP contribution < -0.4 is 4.90 Å². The zero-order chi connectivity index (χ0) is 22.8. The standard InChI is InChI=1S/C26H24ClN5O/c1-19-6-8-20(9-7-19)25-18-28-29-32(25)22-12-10-21(11-13-22)26(33)31-16-14-30(15-17-31)24-5-3-2-4-23(24)27/h2-13,18H,14-17H2,1H3. The monoisotopic (exact) mass is 457 g/mol. The fraction of sp³-hybridized carbons (Fsp3) is 0.192. The van der Waals surface area contributed by atoms with Crippen molar-refractivity contribution >= 4 is 23.2 Å². The fourth-order valence-corrected chi connectivity index (χ4v) is 4.39. The van der Waals surface area contributed by atoms with Crippen molar-refractivity contribution in [2.24, 2.45) is 0 Å². The lowest BCUT2D eigenvalue weighted by atomic mass is 10.1. The van der Waals surface area contributed by atoms with Crippen LogP contribution in [0.2, 0.25) is 5.02 Å². The van der Waals surface area contributed by atoms with Gasteiger partial charge in [0.1, 0.15) is 0 Å². The zero-order valence-electron chi connectivity index (χ0n) is 18.4. The van der Waals surface area contributed by atoms with Crippen molar-refractivity contribution in [1.29, 1.82) is 0 Å². The molecule has 7 heteroatoms. The van der Waals surface area contributed by atoms with E-state index in [1.54, 1.807) is 10.9 Å². The molecule has 33 heavy (non-hydrogen) atoms. The SMILES string of the molecule is Cc1ccc(-c2cnnn2-c2ccc(C(=O)N3CCN(c4ccccc4Cl)CC3)cc2)cc1. The van der Waals surface area contributed by atoms with Crippen molar-refractivity contribution in [1.82, 2.24) is 19.9 Å². The van der Waals surface area contributed by atoms with Crippen LogP contribution in [-0.4, -0.2) is 52.0 Å². The van der Waals surface area contributed by atoms with Gasteiger partial charge in [-0.1, -0.05) is 58.8 Å². The first-order valence-electron chi connectivity index (χ1n) is 11.0. The third-order valence-corrected chi connectivity index (χ3v) is 6.34. The van der Waals surface area contributed by atoms with Gasteiger partial charge >= 0.3 is 0 Å². The predicted octanol–water partition coefficient (Wildman–Crippen LogP) is 4.86. The first kappa shape index (κ1) is 21.2. The molecule has 1 aliphatic heterocycles. The van der Waals surface area contributed by atoms with Crippen LogP contribution in [0.5, 0.6) is 0 Å². The Bertz CT molecular complexity index is 1260. The van der Waals surface area contributed by atoms with Crippen molar-refractivity contribution < 1.29 is 4.79 Å². The highest BCUT2D eigenvalue weighted by Crippen LogP contribution is 2.26. The molecule has 0 saturated carbocycles. The van der Waals surface area contributed by atoms with Crippen LogP contribution in [0.25, 0.3) is 16.9 Å². The van der Waals surface area contributed by atoms with E-state index < -0.39 is 0 Å². The van der Waals surface area contributed by atoms with Crippen LogP contribution in [0.4, 0.5) is 5.69 Å². The second-order valence-corrected chi connectivity index (χ2v) is 8.58. The molecule has 4 aromatic rings. The average Bonchev–Trinajstić information content (AvgIpc) is 3.35. The Morgan fingerprint density at radius 1 is 0.879 bits per heavy atom. The highest BCUT2D eigenvalue weighted by Gasteiger charge is 2.23. The number of piperazine rings is 1. The molecule has 2 heterocycles. The summed E-state index contributed by atoms with van der Waals surface area (Å²) in [5, 5.41) is 9.08. The first-order chi connectivity index (χ1) is 16.1. The third kappa shape index (κ3) is 4.34. The van der Waals surface area contributed by atoms with Gasteiger partial charge in [-0.25, -0.2) is 4.68 Å². The summed E-state index contributed by atoms with van der Waals surface area (Å²) in [6.45, 7) is 4.89. The molecule has 1 aromatic heterocycles. The van der Waals surface area contributed by atoms with E-state index >= 15 is 0 Å². The number of benzene rings is 3. The molecule has 0 unspecified atom stereocenters. The normalized spacial score (nSPS) is 13.9. The average molecular weight is 458 g/mol. The van der Waals surface area contributed by atoms with Gasteiger partial charge in [-0.3, -0.25) is 4.79 Å². The van der Waals surface area contributed by atoms with Gasteiger partial charge in [-0.2, -0.15) is 0 Å². The molecule has 0 bridgehead atoms. The molecule has 1 fully saturated rings. The van der Waals surface area contributed by atoms with Crippen LogP contribution in [0.3, 0.4) is 0 Å². The number of hydrogen-bond donors (Lipinski definition) is 0. The van der Waals surface area contributed by atoms with E-state index in [1.807, 2.05) is 53.4 Å². The Balaban J connectivity index is 1.28. The maximum absolute atomic E-state index is 13.1. The van der Waals surface area contributed by atoms with Crippen LogP contribution in [-0.2, 0) is 0 Å². The van der Waals surface area contributed by atoms with Crippen molar-refractivity contribution in [2.75, 3.05) is 31.1 Å². The Kier molecular flexibility index (Phi) is 5.84. The van der Waals surface area contributed by atoms with Crippen LogP contribution in [0, 0.1) is 6.92 Å². The van der Waals surface area contributed by atoms with Crippen LogP contribution >= 0.6 is 11.6 Å². The maximum Gasteiger partial charge on any atom is 0.253 e. The lowest BCUT2D eigenvalue weighted by Gasteiger charge is -2.36.